The van der Waals surface area contributed by atoms with Gasteiger partial charge in [0, 0.05) is 37.2 Å². The minimum Gasteiger partial charge on any atom is -0.337 e. The van der Waals surface area contributed by atoms with E-state index in [0.717, 1.165) is 30.4 Å². The van der Waals surface area contributed by atoms with Crippen LogP contribution in [0.5, 0.6) is 0 Å². The lowest BCUT2D eigenvalue weighted by Gasteiger charge is -2.54. The first kappa shape index (κ1) is 33.3. The number of thiazole rings is 1. The standard InChI is InChI=1S/C25H26Cl2F4N4O6S3/c1-2-16(25(29,30)31)33-44(40,41)15-4-3-14(17(26)18(15)27)20-19(22(36)34-7-5-13(28)6-8-34)32-21(42-20)23(37)35-9-24(10-35)11-43(38,39)12-24/h3-4,13,16,33H,2,5-12H2,1H3/t16-/m0/s1. The first-order chi connectivity index (χ1) is 20.4. The summed E-state index contributed by atoms with van der Waals surface area (Å²) in [5.41, 5.74) is -0.713. The molecule has 1 aromatic carbocycles. The topological polar surface area (TPSA) is 134 Å². The molecule has 3 fully saturated rings. The minimum absolute atomic E-state index is 0.00363. The second-order valence-corrected chi connectivity index (χ2v) is 16.7. The Hall–Kier alpha value is -2.05. The number of nitrogens with zero attached hydrogens (tertiary/aromatic N) is 3. The summed E-state index contributed by atoms with van der Waals surface area (Å²) in [6, 6.07) is -0.285. The third kappa shape index (κ3) is 6.32. The van der Waals surface area contributed by atoms with Crippen molar-refractivity contribution in [2.75, 3.05) is 37.7 Å². The second kappa shape index (κ2) is 11.6. The average molecular weight is 722 g/mol. The number of amides is 2. The number of sulfone groups is 1. The average Bonchev–Trinajstić information content (AvgIpc) is 3.34. The number of aromatic nitrogens is 1. The molecule has 3 aliphatic rings. The number of halogens is 6. The summed E-state index contributed by atoms with van der Waals surface area (Å²) in [7, 11) is -7.93. The smallest absolute Gasteiger partial charge is 0.337 e. The lowest BCUT2D eigenvalue weighted by molar-refractivity contribution is -0.151. The fraction of sp³-hybridized carbons (Fsp3) is 0.560. The first-order valence-corrected chi connectivity index (χ1v) is 18.3. The zero-order valence-electron chi connectivity index (χ0n) is 23.0. The Kier molecular flexibility index (Phi) is 8.81. The Bertz CT molecular complexity index is 1710. The van der Waals surface area contributed by atoms with Gasteiger partial charge >= 0.3 is 6.18 Å². The van der Waals surface area contributed by atoms with Crippen molar-refractivity contribution in [1.29, 1.82) is 0 Å². The number of carbonyl (C=O) groups excluding carboxylic acids is 2. The van der Waals surface area contributed by atoms with E-state index in [-0.39, 0.29) is 71.7 Å². The third-order valence-corrected chi connectivity index (χ3v) is 13.5. The van der Waals surface area contributed by atoms with Gasteiger partial charge in [0.15, 0.2) is 14.8 Å². The van der Waals surface area contributed by atoms with Crippen LogP contribution in [0.15, 0.2) is 17.0 Å². The summed E-state index contributed by atoms with van der Waals surface area (Å²) in [6.45, 7) is 1.70. The van der Waals surface area contributed by atoms with Crippen molar-refractivity contribution < 1.29 is 44.0 Å². The van der Waals surface area contributed by atoms with Crippen molar-refractivity contribution in [2.45, 2.75) is 49.5 Å². The molecule has 0 radical (unpaired) electrons. The van der Waals surface area contributed by atoms with Gasteiger partial charge in [-0.15, -0.1) is 11.3 Å². The zero-order valence-corrected chi connectivity index (χ0v) is 26.9. The van der Waals surface area contributed by atoms with E-state index in [0.29, 0.717) is 0 Å². The maximum atomic E-state index is 13.8. The number of carbonyl (C=O) groups is 2. The quantitative estimate of drug-likeness (QED) is 0.425. The van der Waals surface area contributed by atoms with Crippen LogP contribution in [0.3, 0.4) is 0 Å². The summed E-state index contributed by atoms with van der Waals surface area (Å²) in [5.74, 6) is -1.24. The Morgan fingerprint density at radius 1 is 1.11 bits per heavy atom. The van der Waals surface area contributed by atoms with Gasteiger partial charge in [-0.25, -0.2) is 26.2 Å². The molecule has 1 atom stereocenters. The van der Waals surface area contributed by atoms with Gasteiger partial charge in [0.25, 0.3) is 11.8 Å². The number of rotatable bonds is 7. The van der Waals surface area contributed by atoms with Gasteiger partial charge in [-0.1, -0.05) is 36.2 Å². The van der Waals surface area contributed by atoms with Crippen LogP contribution < -0.4 is 4.72 Å². The number of likely N-dealkylation sites (tertiary alicyclic amines) is 2. The predicted octanol–water partition coefficient (Wildman–Crippen LogP) is 4.18. The number of hydrogen-bond acceptors (Lipinski definition) is 8. The van der Waals surface area contributed by atoms with Crippen LogP contribution in [0.1, 0.15) is 46.5 Å². The summed E-state index contributed by atoms with van der Waals surface area (Å²) in [6.07, 6.45) is -6.33. The van der Waals surface area contributed by atoms with E-state index in [1.54, 1.807) is 4.72 Å². The molecule has 1 aromatic heterocycles. The van der Waals surface area contributed by atoms with E-state index >= 15 is 0 Å². The minimum atomic E-state index is -4.86. The largest absolute Gasteiger partial charge is 0.404 e. The Morgan fingerprint density at radius 2 is 1.73 bits per heavy atom. The van der Waals surface area contributed by atoms with Crippen LogP contribution in [0.4, 0.5) is 17.6 Å². The fourth-order valence-electron chi connectivity index (χ4n) is 5.60. The maximum absolute atomic E-state index is 13.8. The SMILES string of the molecule is CC[C@H](NS(=O)(=O)c1ccc(-c2sc(C(=O)N3CC4(C3)CS(=O)(=O)C4)nc2C(=O)N2CCC(F)CC2)c(Cl)c1Cl)C(F)(F)F. The van der Waals surface area contributed by atoms with E-state index in [2.05, 4.69) is 4.98 Å². The Balaban J connectivity index is 1.49. The summed E-state index contributed by atoms with van der Waals surface area (Å²) < 4.78 is 104. The molecule has 19 heteroatoms. The van der Waals surface area contributed by atoms with Crippen molar-refractivity contribution in [2.24, 2.45) is 5.41 Å². The molecule has 4 heterocycles. The predicted molar refractivity (Wildman–Crippen MR) is 155 cm³/mol. The molecule has 0 aliphatic carbocycles. The Labute approximate surface area is 264 Å². The third-order valence-electron chi connectivity index (χ3n) is 7.80. The molecule has 0 bridgehead atoms. The van der Waals surface area contributed by atoms with E-state index in [9.17, 15) is 44.0 Å². The molecule has 242 valence electrons. The highest BCUT2D eigenvalue weighted by molar-refractivity contribution is 7.92. The number of benzene rings is 1. The van der Waals surface area contributed by atoms with Gasteiger partial charge in [0.05, 0.1) is 26.4 Å². The highest BCUT2D eigenvalue weighted by atomic mass is 35.5. The normalized spacial score (nSPS) is 20.7. The van der Waals surface area contributed by atoms with Crippen LogP contribution >= 0.6 is 34.5 Å². The second-order valence-electron chi connectivity index (χ2n) is 11.2. The van der Waals surface area contributed by atoms with E-state index in [4.69, 9.17) is 23.2 Å². The van der Waals surface area contributed by atoms with E-state index in [1.165, 1.54) is 9.80 Å². The van der Waals surface area contributed by atoms with E-state index in [1.807, 2.05) is 0 Å². The molecule has 0 saturated carbocycles. The van der Waals surface area contributed by atoms with Gasteiger partial charge in [0.1, 0.15) is 22.8 Å². The van der Waals surface area contributed by atoms with Crippen LogP contribution in [0, 0.1) is 5.41 Å². The van der Waals surface area contributed by atoms with Crippen molar-refractivity contribution >= 4 is 66.2 Å². The molecule has 2 aromatic rings. The number of hydrogen-bond donors (Lipinski definition) is 1. The molecular formula is C25H26Cl2F4N4O6S3. The molecule has 10 nitrogen and oxygen atoms in total. The number of sulfonamides is 1. The van der Waals surface area contributed by atoms with Crippen LogP contribution in [0.2, 0.25) is 10.0 Å². The molecule has 3 aliphatic heterocycles. The fourth-order valence-corrected chi connectivity index (χ4v) is 11.0. The highest BCUT2D eigenvalue weighted by Gasteiger charge is 2.57. The van der Waals surface area contributed by atoms with Crippen molar-refractivity contribution in [1.82, 2.24) is 19.5 Å². The van der Waals surface area contributed by atoms with Gasteiger partial charge in [-0.3, -0.25) is 9.59 Å². The number of alkyl halides is 4. The molecule has 3 saturated heterocycles. The molecule has 0 unspecified atom stereocenters. The van der Waals surface area contributed by atoms with Gasteiger partial charge < -0.3 is 9.80 Å². The molecule has 5 rings (SSSR count). The molecule has 2 amide bonds. The van der Waals surface area contributed by atoms with Gasteiger partial charge in [0.2, 0.25) is 10.0 Å². The summed E-state index contributed by atoms with van der Waals surface area (Å²) in [4.78, 5) is 33.3. The van der Waals surface area contributed by atoms with Gasteiger partial charge in [-0.2, -0.15) is 17.9 Å². The van der Waals surface area contributed by atoms with Crippen LogP contribution in [0.25, 0.3) is 10.4 Å². The number of piperidine rings is 1. The summed E-state index contributed by atoms with van der Waals surface area (Å²) in [5, 5.41) is -1.14. The lowest BCUT2D eigenvalue weighted by atomic mass is 9.83. The lowest BCUT2D eigenvalue weighted by Crippen LogP contribution is -2.69. The van der Waals surface area contributed by atoms with Crippen LogP contribution in [-0.2, 0) is 19.9 Å². The maximum Gasteiger partial charge on any atom is 0.404 e. The molecule has 1 spiro atoms. The van der Waals surface area contributed by atoms with Gasteiger partial charge in [-0.05, 0) is 25.3 Å². The van der Waals surface area contributed by atoms with Crippen molar-refractivity contribution in [3.05, 3.63) is 32.9 Å². The highest BCUT2D eigenvalue weighted by Crippen LogP contribution is 2.45. The first-order valence-electron chi connectivity index (χ1n) is 13.4. The molecular weight excluding hydrogens is 695 g/mol. The summed E-state index contributed by atoms with van der Waals surface area (Å²) >= 11 is 13.5. The zero-order chi connectivity index (χ0) is 32.4. The van der Waals surface area contributed by atoms with E-state index < -0.39 is 76.8 Å². The number of nitrogens with one attached hydrogen (secondary N) is 1. The molecule has 1 N–H and O–H groups in total. The van der Waals surface area contributed by atoms with Crippen molar-refractivity contribution in [3.63, 3.8) is 0 Å². The van der Waals surface area contributed by atoms with Crippen LogP contribution in [-0.4, -0.2) is 99.5 Å². The van der Waals surface area contributed by atoms with Crippen molar-refractivity contribution in [3.8, 4) is 10.4 Å². The Morgan fingerprint density at radius 3 is 2.27 bits per heavy atom. The molecule has 44 heavy (non-hydrogen) atoms. The monoisotopic (exact) mass is 720 g/mol.